The van der Waals surface area contributed by atoms with Gasteiger partial charge in [0.15, 0.2) is 17.3 Å². The van der Waals surface area contributed by atoms with E-state index in [1.165, 1.54) is 13.3 Å². The Kier molecular flexibility index (Phi) is 11.5. The quantitative estimate of drug-likeness (QED) is 0.416. The number of nitrogens with two attached hydrogens (primary N) is 1. The van der Waals surface area contributed by atoms with Crippen LogP contribution in [0.4, 0.5) is 14.5 Å². The Hall–Kier alpha value is -2.73. The van der Waals surface area contributed by atoms with Crippen LogP contribution in [-0.2, 0) is 4.79 Å². The summed E-state index contributed by atoms with van der Waals surface area (Å²) in [5, 5.41) is 9.45. The summed E-state index contributed by atoms with van der Waals surface area (Å²) in [5.41, 5.74) is 5.60. The number of halogens is 4. The third-order valence-electron chi connectivity index (χ3n) is 7.13. The molecule has 1 aromatic carbocycles. The molecule has 1 aliphatic heterocycles. The van der Waals surface area contributed by atoms with Crippen molar-refractivity contribution in [3.63, 3.8) is 0 Å². The van der Waals surface area contributed by atoms with Crippen LogP contribution in [0, 0.1) is 5.82 Å². The molecule has 222 valence electrons. The third kappa shape index (κ3) is 6.94. The van der Waals surface area contributed by atoms with E-state index in [4.69, 9.17) is 10.5 Å². The van der Waals surface area contributed by atoms with Crippen molar-refractivity contribution in [2.75, 3.05) is 45.7 Å². The highest BCUT2D eigenvalue weighted by Gasteiger charge is 2.32. The van der Waals surface area contributed by atoms with Gasteiger partial charge in [-0.1, -0.05) is 0 Å². The van der Waals surface area contributed by atoms with Crippen molar-refractivity contribution in [3.05, 3.63) is 45.3 Å². The lowest BCUT2D eigenvalue weighted by Crippen LogP contribution is -2.39. The number of fused-ring (bicyclic) bond motifs is 1. The lowest BCUT2D eigenvalue weighted by Gasteiger charge is -2.33. The van der Waals surface area contributed by atoms with Gasteiger partial charge in [0.2, 0.25) is 5.43 Å². The minimum Gasteiger partial charge on any atom is -0.492 e. The summed E-state index contributed by atoms with van der Waals surface area (Å²) in [5.74, 6) is -2.63. The highest BCUT2D eigenvalue weighted by atomic mass is 35.5. The third-order valence-corrected chi connectivity index (χ3v) is 7.13. The topological polar surface area (TPSA) is 118 Å². The Labute approximate surface area is 243 Å². The van der Waals surface area contributed by atoms with Gasteiger partial charge in [-0.2, -0.15) is 0 Å². The zero-order chi connectivity index (χ0) is 27.7. The molecule has 2 fully saturated rings. The van der Waals surface area contributed by atoms with E-state index in [9.17, 15) is 19.5 Å². The number of rotatable bonds is 10. The number of hydrogen-bond donors (Lipinski definition) is 2. The maximum absolute atomic E-state index is 15.6. The van der Waals surface area contributed by atoms with Crippen LogP contribution >= 0.6 is 24.8 Å². The van der Waals surface area contributed by atoms with Crippen molar-refractivity contribution in [2.45, 2.75) is 50.6 Å². The number of pyridine rings is 1. The van der Waals surface area contributed by atoms with Crippen LogP contribution in [-0.4, -0.2) is 73.2 Å². The molecular formula is C27H36Cl2F2N4O5. The van der Waals surface area contributed by atoms with Gasteiger partial charge in [-0.3, -0.25) is 9.59 Å². The molecule has 0 radical (unpaired) electrons. The number of aromatic carboxylic acids is 1. The van der Waals surface area contributed by atoms with Gasteiger partial charge in [0.05, 0.1) is 24.1 Å². The number of benzene rings is 1. The number of carboxylic acid groups (broad SMARTS) is 1. The number of carboxylic acids is 1. The van der Waals surface area contributed by atoms with E-state index in [0.717, 1.165) is 18.9 Å². The molecule has 1 aromatic heterocycles. The lowest BCUT2D eigenvalue weighted by molar-refractivity contribution is -0.120. The summed E-state index contributed by atoms with van der Waals surface area (Å²) >= 11 is 0. The number of carbonyl (C=O) groups excluding carboxylic acids is 1. The van der Waals surface area contributed by atoms with Gasteiger partial charge < -0.3 is 29.9 Å². The molecule has 2 aromatic rings. The number of Topliss-reactive ketones (excluding diaryl/α,β-unsaturated/α-hetero) is 1. The van der Waals surface area contributed by atoms with Crippen LogP contribution in [0.15, 0.2) is 28.5 Å². The number of methoxy groups -OCH3 is 1. The highest BCUT2D eigenvalue weighted by Crippen LogP contribution is 2.44. The first-order valence-corrected chi connectivity index (χ1v) is 12.8. The van der Waals surface area contributed by atoms with Crippen molar-refractivity contribution in [1.82, 2.24) is 9.47 Å². The first-order valence-electron chi connectivity index (χ1n) is 12.8. The second-order valence-corrected chi connectivity index (χ2v) is 10.3. The van der Waals surface area contributed by atoms with Gasteiger partial charge in [-0.05, 0) is 51.4 Å². The number of ether oxygens (including phenoxy) is 1. The molecule has 1 aliphatic carbocycles. The van der Waals surface area contributed by atoms with Crippen molar-refractivity contribution in [2.24, 2.45) is 5.73 Å². The number of piperidine rings is 1. The molecule has 1 atom stereocenters. The van der Waals surface area contributed by atoms with Crippen molar-refractivity contribution in [1.29, 1.82) is 0 Å². The number of allylic oxidation sites excluding steroid dienone is 1. The van der Waals surface area contributed by atoms with E-state index in [-0.39, 0.29) is 72.8 Å². The molecule has 3 N–H and O–H groups in total. The lowest BCUT2D eigenvalue weighted by atomic mass is 9.99. The summed E-state index contributed by atoms with van der Waals surface area (Å²) in [6, 6.07) is 0.349. The maximum atomic E-state index is 15.6. The number of carbonyl (C=O) groups is 2. The van der Waals surface area contributed by atoms with Crippen LogP contribution in [0.25, 0.3) is 10.9 Å². The summed E-state index contributed by atoms with van der Waals surface area (Å²) in [4.78, 5) is 40.4. The first kappa shape index (κ1) is 33.5. The van der Waals surface area contributed by atoms with E-state index in [2.05, 4.69) is 0 Å². The molecule has 1 saturated heterocycles. The molecule has 0 amide bonds. The van der Waals surface area contributed by atoms with E-state index in [0.29, 0.717) is 37.0 Å². The predicted molar refractivity (Wildman–Crippen MR) is 155 cm³/mol. The first-order chi connectivity index (χ1) is 18.0. The van der Waals surface area contributed by atoms with Crippen LogP contribution in [0.5, 0.6) is 5.75 Å². The van der Waals surface area contributed by atoms with Gasteiger partial charge >= 0.3 is 5.97 Å². The molecule has 0 spiro atoms. The van der Waals surface area contributed by atoms with Crippen LogP contribution in [0.1, 0.15) is 54.9 Å². The number of likely N-dealkylation sites (N-methyl/N-ethyl adjacent to an activating group) is 1. The fourth-order valence-electron chi connectivity index (χ4n) is 5.10. The van der Waals surface area contributed by atoms with Gasteiger partial charge in [0.25, 0.3) is 0 Å². The normalized spacial score (nSPS) is 17.2. The highest BCUT2D eigenvalue weighted by molar-refractivity contribution is 5.97. The summed E-state index contributed by atoms with van der Waals surface area (Å²) in [6.07, 6.45) is 3.85. The molecule has 13 heteroatoms. The summed E-state index contributed by atoms with van der Waals surface area (Å²) < 4.78 is 38.1. The largest absolute Gasteiger partial charge is 0.492 e. The average Bonchev–Trinajstić information content (AvgIpc) is 3.71. The van der Waals surface area contributed by atoms with E-state index in [1.54, 1.807) is 14.4 Å². The zero-order valence-corrected chi connectivity index (χ0v) is 24.4. The Morgan fingerprint density at radius 3 is 2.50 bits per heavy atom. The minimum atomic E-state index is -1.38. The average molecular weight is 606 g/mol. The number of aromatic nitrogens is 1. The zero-order valence-electron chi connectivity index (χ0n) is 22.7. The Morgan fingerprint density at radius 2 is 1.93 bits per heavy atom. The van der Waals surface area contributed by atoms with Gasteiger partial charge in [0.1, 0.15) is 17.1 Å². The summed E-state index contributed by atoms with van der Waals surface area (Å²) in [7, 11) is 4.98. The van der Waals surface area contributed by atoms with Gasteiger partial charge in [0, 0.05) is 44.7 Å². The predicted octanol–water partition coefficient (Wildman–Crippen LogP) is 4.09. The number of nitrogens with zero attached hydrogens (tertiary/aromatic N) is 3. The molecule has 4 rings (SSSR count). The standard InChI is InChI=1S/C27H34F2N4O5.2ClH/c1-31(2)14-21(30)22(34)9-8-19(28)15-5-4-10-32(12-15)24-20(29)11-17-23(26(24)38-3)33(16-6-7-16)13-18(25(17)35)27(36)37;;/h11,13,16,21H,4-10,12,14,30H2,1-3H3,(H,36,37);2*1H/b19-15+;;/t21-;;/m0../s1. The molecule has 0 bridgehead atoms. The van der Waals surface area contributed by atoms with E-state index < -0.39 is 34.6 Å². The molecule has 9 nitrogen and oxygen atoms in total. The minimum absolute atomic E-state index is 0. The monoisotopic (exact) mass is 604 g/mol. The second-order valence-electron chi connectivity index (χ2n) is 10.3. The van der Waals surface area contributed by atoms with Crippen LogP contribution in [0.3, 0.4) is 0 Å². The van der Waals surface area contributed by atoms with Gasteiger partial charge in [-0.25, -0.2) is 13.6 Å². The smallest absolute Gasteiger partial charge is 0.341 e. The number of ketones is 1. The van der Waals surface area contributed by atoms with E-state index in [1.807, 2.05) is 14.1 Å². The van der Waals surface area contributed by atoms with Crippen molar-refractivity contribution >= 4 is 53.2 Å². The fourth-order valence-corrected chi connectivity index (χ4v) is 5.10. The molecular weight excluding hydrogens is 569 g/mol. The number of anilines is 1. The molecule has 2 heterocycles. The molecule has 40 heavy (non-hydrogen) atoms. The van der Waals surface area contributed by atoms with Gasteiger partial charge in [-0.15, -0.1) is 24.8 Å². The SMILES string of the molecule is COc1c(N2CCC/C(=C(\F)CCC(=O)[C@@H](N)CN(C)C)C2)c(F)cc2c(=O)c(C(=O)O)cn(C3CC3)c12.Cl.Cl. The van der Waals surface area contributed by atoms with Crippen molar-refractivity contribution in [3.8, 4) is 5.75 Å². The Bertz CT molecular complexity index is 1360. The Balaban J connectivity index is 0.00000280. The Morgan fingerprint density at radius 1 is 1.25 bits per heavy atom. The molecule has 1 saturated carbocycles. The fraction of sp³-hybridized carbons (Fsp3) is 0.519. The van der Waals surface area contributed by atoms with Crippen LogP contribution < -0.4 is 20.8 Å². The van der Waals surface area contributed by atoms with Crippen molar-refractivity contribution < 1.29 is 28.2 Å². The summed E-state index contributed by atoms with van der Waals surface area (Å²) in [6.45, 7) is 0.915. The number of hydrogen-bond acceptors (Lipinski definition) is 7. The molecule has 0 unspecified atom stereocenters. The van der Waals surface area contributed by atoms with Crippen LogP contribution in [0.2, 0.25) is 0 Å². The van der Waals surface area contributed by atoms with E-state index >= 15 is 8.78 Å². The molecule has 2 aliphatic rings. The second kappa shape index (κ2) is 13.8. The maximum Gasteiger partial charge on any atom is 0.341 e.